The number of carbonyl (C=O) groups is 1. The van der Waals surface area contributed by atoms with Crippen LogP contribution in [0.25, 0.3) is 22.0 Å². The molecule has 0 atom stereocenters. The summed E-state index contributed by atoms with van der Waals surface area (Å²) < 4.78 is 62.0. The quantitative estimate of drug-likeness (QED) is 0.105. The molecule has 1 amide bonds. The van der Waals surface area contributed by atoms with Crippen molar-refractivity contribution in [2.75, 3.05) is 32.8 Å². The fourth-order valence-electron chi connectivity index (χ4n) is 5.40. The lowest BCUT2D eigenvalue weighted by Crippen LogP contribution is -2.29. The number of benzene rings is 3. The van der Waals surface area contributed by atoms with E-state index >= 15 is 0 Å². The van der Waals surface area contributed by atoms with Crippen molar-refractivity contribution in [1.82, 2.24) is 20.4 Å². The van der Waals surface area contributed by atoms with Crippen molar-refractivity contribution in [3.8, 4) is 5.75 Å². The maximum atomic E-state index is 14.4. The number of halogens is 4. The number of nitrogens with zero attached hydrogens (tertiary/aromatic N) is 2. The number of carbonyl (C=O) groups excluding carboxylic acids is 1. The van der Waals surface area contributed by atoms with Gasteiger partial charge < -0.3 is 15.0 Å². The second-order valence-corrected chi connectivity index (χ2v) is 10.6. The molecule has 0 unspecified atom stereocenters. The highest BCUT2D eigenvalue weighted by Gasteiger charge is 2.31. The van der Waals surface area contributed by atoms with E-state index < -0.39 is 18.5 Å². The number of rotatable bonds is 12. The molecule has 6 nitrogen and oxygen atoms in total. The van der Waals surface area contributed by atoms with Crippen molar-refractivity contribution in [2.45, 2.75) is 38.3 Å². The van der Waals surface area contributed by atoms with Crippen LogP contribution in [-0.4, -0.2) is 60.0 Å². The third-order valence-corrected chi connectivity index (χ3v) is 7.49. The van der Waals surface area contributed by atoms with Crippen molar-refractivity contribution in [2.24, 2.45) is 0 Å². The summed E-state index contributed by atoms with van der Waals surface area (Å²) in [6, 6.07) is 20.1. The molecule has 0 spiro atoms. The Morgan fingerprint density at radius 3 is 2.37 bits per heavy atom. The largest absolute Gasteiger partial charge is 0.492 e. The zero-order valence-electron chi connectivity index (χ0n) is 23.7. The van der Waals surface area contributed by atoms with E-state index in [-0.39, 0.29) is 16.9 Å². The van der Waals surface area contributed by atoms with Gasteiger partial charge in [-0.25, -0.2) is 0 Å². The summed E-state index contributed by atoms with van der Waals surface area (Å²) >= 11 is 0. The van der Waals surface area contributed by atoms with Crippen LogP contribution in [0.3, 0.4) is 0 Å². The molecule has 43 heavy (non-hydrogen) atoms. The Morgan fingerprint density at radius 1 is 0.930 bits per heavy atom. The first-order valence-corrected chi connectivity index (χ1v) is 14.5. The fraction of sp³-hybridized carbons (Fsp3) is 0.333. The lowest BCUT2D eigenvalue weighted by atomic mass is 9.87. The topological polar surface area (TPSA) is 70.2 Å². The monoisotopic (exact) mass is 594 g/mol. The van der Waals surface area contributed by atoms with Gasteiger partial charge in [-0.2, -0.15) is 22.7 Å². The lowest BCUT2D eigenvalue weighted by molar-refractivity contribution is -0.130. The first-order chi connectivity index (χ1) is 20.8. The van der Waals surface area contributed by atoms with E-state index in [2.05, 4.69) is 15.5 Å². The molecule has 0 aliphatic carbocycles. The predicted octanol–water partition coefficient (Wildman–Crippen LogP) is 6.98. The van der Waals surface area contributed by atoms with Gasteiger partial charge in [-0.1, -0.05) is 48.5 Å². The summed E-state index contributed by atoms with van der Waals surface area (Å²) in [5, 5.41) is 9.67. The van der Waals surface area contributed by atoms with E-state index in [1.807, 2.05) is 4.90 Å². The van der Waals surface area contributed by atoms with Gasteiger partial charge in [0.2, 0.25) is 11.9 Å². The van der Waals surface area contributed by atoms with Crippen LogP contribution in [-0.2, 0) is 4.79 Å². The van der Waals surface area contributed by atoms with Crippen molar-refractivity contribution >= 4 is 28.0 Å². The summed E-state index contributed by atoms with van der Waals surface area (Å²) in [6.07, 6.45) is -2.17. The van der Waals surface area contributed by atoms with Crippen molar-refractivity contribution in [3.05, 3.63) is 95.4 Å². The van der Waals surface area contributed by atoms with E-state index in [1.165, 1.54) is 6.07 Å². The summed E-state index contributed by atoms with van der Waals surface area (Å²) in [7, 11) is 0. The lowest BCUT2D eigenvalue weighted by Gasteiger charge is -2.19. The first-order valence-electron chi connectivity index (χ1n) is 14.5. The number of H-pyrrole nitrogens is 1. The minimum atomic E-state index is -4.47. The third kappa shape index (κ3) is 8.01. The number of likely N-dealkylation sites (tertiary alicyclic amines) is 1. The van der Waals surface area contributed by atoms with Crippen LogP contribution in [0.2, 0.25) is 0 Å². The van der Waals surface area contributed by atoms with E-state index in [1.54, 1.807) is 66.7 Å². The average Bonchev–Trinajstić information content (AvgIpc) is 3.67. The molecule has 0 bridgehead atoms. The number of nitrogens with one attached hydrogen (secondary N) is 2. The molecule has 4 aromatic rings. The Kier molecular flexibility index (Phi) is 9.76. The van der Waals surface area contributed by atoms with Gasteiger partial charge in [-0.15, -0.1) is 0 Å². The number of amides is 1. The molecule has 226 valence electrons. The number of aromatic amines is 1. The number of hydrogen-bond donors (Lipinski definition) is 2. The number of aromatic nitrogens is 2. The molecule has 5 rings (SSSR count). The van der Waals surface area contributed by atoms with E-state index in [4.69, 9.17) is 4.74 Å². The molecule has 3 aromatic carbocycles. The molecule has 1 fully saturated rings. The van der Waals surface area contributed by atoms with E-state index in [9.17, 15) is 22.4 Å². The zero-order chi connectivity index (χ0) is 30.2. The Morgan fingerprint density at radius 2 is 1.65 bits per heavy atom. The maximum absolute atomic E-state index is 14.4. The number of hydrogen-bond acceptors (Lipinski definition) is 4. The predicted molar refractivity (Wildman–Crippen MR) is 159 cm³/mol. The molecule has 1 aliphatic heterocycles. The van der Waals surface area contributed by atoms with Gasteiger partial charge in [0.15, 0.2) is 0 Å². The van der Waals surface area contributed by atoms with Crippen LogP contribution in [0.1, 0.15) is 48.8 Å². The van der Waals surface area contributed by atoms with E-state index in [0.29, 0.717) is 59.6 Å². The summed E-state index contributed by atoms with van der Waals surface area (Å²) in [5.41, 5.74) is 2.22. The average molecular weight is 595 g/mol. The van der Waals surface area contributed by atoms with Gasteiger partial charge in [0, 0.05) is 26.1 Å². The molecule has 1 aliphatic rings. The molecule has 10 heteroatoms. The van der Waals surface area contributed by atoms with Crippen LogP contribution >= 0.6 is 0 Å². The molecular weight excluding hydrogens is 560 g/mol. The smallest absolute Gasteiger partial charge is 0.393 e. The number of alkyl halides is 3. The summed E-state index contributed by atoms with van der Waals surface area (Å²) in [4.78, 5) is 14.1. The fourth-order valence-corrected chi connectivity index (χ4v) is 5.40. The van der Waals surface area contributed by atoms with Gasteiger partial charge >= 0.3 is 6.18 Å². The SMILES string of the molecule is O=C(CCCNCCOc1ccc(C(=C(CC(F)(F)F)c2ccccc2)c2ccc3n[nH]c(F)c3c2)cc1)N1CCCC1. The standard InChI is InChI=1S/C33H34F4N4O2/c34-32-27-21-25(12-15-29(27)39-40-32)31(28(22-33(35,36)37)23-7-2-1-3-8-23)24-10-13-26(14-11-24)43-20-17-38-16-6-9-30(42)41-18-4-5-19-41/h1-3,7-8,10-15,21,38H,4-6,9,16-20,22H2,(H,39,40). The normalized spacial score (nSPS) is 14.3. The highest BCUT2D eigenvalue weighted by molar-refractivity contribution is 6.00. The van der Waals surface area contributed by atoms with Gasteiger partial charge in [-0.3, -0.25) is 9.89 Å². The second-order valence-electron chi connectivity index (χ2n) is 10.6. The molecular formula is C33H34F4N4O2. The minimum absolute atomic E-state index is 0.0810. The van der Waals surface area contributed by atoms with Gasteiger partial charge in [0.1, 0.15) is 12.4 Å². The van der Waals surface area contributed by atoms with Crippen LogP contribution in [0.15, 0.2) is 72.8 Å². The Hall–Kier alpha value is -4.18. The molecule has 2 heterocycles. The number of ether oxygens (including phenoxy) is 1. The zero-order valence-corrected chi connectivity index (χ0v) is 23.7. The van der Waals surface area contributed by atoms with Gasteiger partial charge in [-0.05, 0) is 77.9 Å². The molecule has 2 N–H and O–H groups in total. The highest BCUT2D eigenvalue weighted by Crippen LogP contribution is 2.40. The summed E-state index contributed by atoms with van der Waals surface area (Å²) in [6.45, 7) is 3.42. The van der Waals surface area contributed by atoms with Crippen molar-refractivity contribution in [3.63, 3.8) is 0 Å². The van der Waals surface area contributed by atoms with Crippen molar-refractivity contribution in [1.29, 1.82) is 0 Å². The van der Waals surface area contributed by atoms with Gasteiger partial charge in [0.05, 0.1) is 17.3 Å². The van der Waals surface area contributed by atoms with Crippen LogP contribution in [0.5, 0.6) is 5.75 Å². The molecule has 1 saturated heterocycles. The number of allylic oxidation sites excluding steroid dienone is 1. The van der Waals surface area contributed by atoms with Crippen molar-refractivity contribution < 1.29 is 27.1 Å². The number of fused-ring (bicyclic) bond motifs is 1. The first kappa shape index (κ1) is 30.3. The third-order valence-electron chi connectivity index (χ3n) is 7.49. The Labute approximate surface area is 247 Å². The Balaban J connectivity index is 1.31. The van der Waals surface area contributed by atoms with E-state index in [0.717, 1.165) is 32.4 Å². The van der Waals surface area contributed by atoms with Crippen LogP contribution < -0.4 is 10.1 Å². The molecule has 0 radical (unpaired) electrons. The summed E-state index contributed by atoms with van der Waals surface area (Å²) in [5.74, 6) is 0.135. The molecule has 0 saturated carbocycles. The second kappa shape index (κ2) is 13.9. The van der Waals surface area contributed by atoms with Crippen LogP contribution in [0.4, 0.5) is 17.6 Å². The Bertz CT molecular complexity index is 1540. The van der Waals surface area contributed by atoms with Crippen LogP contribution in [0, 0.1) is 5.95 Å². The maximum Gasteiger partial charge on any atom is 0.393 e. The minimum Gasteiger partial charge on any atom is -0.492 e. The highest BCUT2D eigenvalue weighted by atomic mass is 19.4. The molecule has 1 aromatic heterocycles. The van der Waals surface area contributed by atoms with Gasteiger partial charge in [0.25, 0.3) is 0 Å².